The summed E-state index contributed by atoms with van der Waals surface area (Å²) in [7, 11) is -3.25. The molecule has 0 bridgehead atoms. The maximum atomic E-state index is 8.95. The van der Waals surface area contributed by atoms with Crippen LogP contribution in [0.5, 0.6) is 0 Å². The molecule has 0 saturated heterocycles. The van der Waals surface area contributed by atoms with Crippen LogP contribution in [0.4, 0.5) is 0 Å². The fourth-order valence-corrected chi connectivity index (χ4v) is 1.34. The molecule has 31 heavy (non-hydrogen) atoms. The molecule has 0 radical (unpaired) electrons. The summed E-state index contributed by atoms with van der Waals surface area (Å²) in [6.45, 7) is 5.92. The summed E-state index contributed by atoms with van der Waals surface area (Å²) in [5.74, 6) is 0. The quantitative estimate of drug-likeness (QED) is 0.353. The van der Waals surface area contributed by atoms with Gasteiger partial charge in [0.05, 0.1) is 0 Å². The van der Waals surface area contributed by atoms with Gasteiger partial charge in [0.2, 0.25) is 0 Å². The smallest absolute Gasteiger partial charge is 0.273 e. The maximum Gasteiger partial charge on any atom is 0.425 e. The molecule has 0 aliphatic carbocycles. The van der Waals surface area contributed by atoms with E-state index < -0.39 is 19.9 Å². The third kappa shape index (κ3) is 38.7. The maximum absolute atomic E-state index is 8.95. The second-order valence-electron chi connectivity index (χ2n) is 5.03. The SMILES string of the molecule is Cc1ccccn1.Cc1ccccn1.Cc1ccccn1.Cl.O=S(=O)(O)Cl.O=S(=O)=O. The third-order valence-corrected chi connectivity index (χ3v) is 2.44. The molecule has 3 rings (SSSR count). The van der Waals surface area contributed by atoms with Crippen LogP contribution in [0.1, 0.15) is 17.1 Å². The molecule has 3 aromatic rings. The summed E-state index contributed by atoms with van der Waals surface area (Å²) in [5.41, 5.74) is 3.22. The van der Waals surface area contributed by atoms with Crippen LogP contribution in [0, 0.1) is 20.8 Å². The highest BCUT2D eigenvalue weighted by atomic mass is 35.7. The predicted molar refractivity (Wildman–Crippen MR) is 121 cm³/mol. The van der Waals surface area contributed by atoms with Crippen molar-refractivity contribution in [2.24, 2.45) is 0 Å². The van der Waals surface area contributed by atoms with Crippen molar-refractivity contribution in [1.82, 2.24) is 15.0 Å². The van der Waals surface area contributed by atoms with Crippen molar-refractivity contribution >= 4 is 43.0 Å². The van der Waals surface area contributed by atoms with E-state index in [0.717, 1.165) is 17.1 Å². The molecule has 0 spiro atoms. The molecule has 0 unspecified atom stereocenters. The molecule has 0 fully saturated rings. The van der Waals surface area contributed by atoms with Gasteiger partial charge >= 0.3 is 19.9 Å². The lowest BCUT2D eigenvalue weighted by Crippen LogP contribution is -1.77. The molecule has 1 N–H and O–H groups in total. The van der Waals surface area contributed by atoms with Crippen molar-refractivity contribution in [2.75, 3.05) is 0 Å². The first kappa shape index (κ1) is 33.2. The summed E-state index contributed by atoms with van der Waals surface area (Å²) in [6.07, 6.45) is 5.36. The van der Waals surface area contributed by atoms with Crippen molar-refractivity contribution < 1.29 is 25.6 Å². The molecule has 0 aromatic carbocycles. The van der Waals surface area contributed by atoms with Crippen LogP contribution in [0.3, 0.4) is 0 Å². The number of nitrogens with zero attached hydrogens (tertiary/aromatic N) is 3. The Morgan fingerprint density at radius 3 is 0.968 bits per heavy atom. The van der Waals surface area contributed by atoms with Gasteiger partial charge in [-0.1, -0.05) is 18.2 Å². The molecular formula is C18H23Cl2N3O6S2. The number of rotatable bonds is 0. The minimum atomic E-state index is -4.19. The normalized spacial score (nSPS) is 8.55. The van der Waals surface area contributed by atoms with Crippen molar-refractivity contribution in [3.05, 3.63) is 90.3 Å². The zero-order chi connectivity index (χ0) is 23.4. The minimum absolute atomic E-state index is 0. The Bertz CT molecular complexity index is 907. The molecule has 9 nitrogen and oxygen atoms in total. The van der Waals surface area contributed by atoms with E-state index in [2.05, 4.69) is 25.6 Å². The second kappa shape index (κ2) is 20.8. The Balaban J connectivity index is -0.000000319. The van der Waals surface area contributed by atoms with E-state index in [-0.39, 0.29) is 12.4 Å². The Labute approximate surface area is 194 Å². The van der Waals surface area contributed by atoms with Crippen molar-refractivity contribution in [3.63, 3.8) is 0 Å². The minimum Gasteiger partial charge on any atom is -0.273 e. The Morgan fingerprint density at radius 1 is 0.710 bits per heavy atom. The monoisotopic (exact) mass is 511 g/mol. The molecule has 0 saturated carbocycles. The van der Waals surface area contributed by atoms with Crippen LogP contribution in [0.15, 0.2) is 73.2 Å². The van der Waals surface area contributed by atoms with Gasteiger partial charge in [-0.3, -0.25) is 19.5 Å². The summed E-state index contributed by atoms with van der Waals surface area (Å²) in [5, 5.41) is 0. The molecule has 172 valence electrons. The number of hydrogen-bond acceptors (Lipinski definition) is 8. The van der Waals surface area contributed by atoms with E-state index in [9.17, 15) is 0 Å². The van der Waals surface area contributed by atoms with E-state index in [0.29, 0.717) is 0 Å². The number of aryl methyl sites for hydroxylation is 3. The van der Waals surface area contributed by atoms with Gasteiger partial charge in [-0.25, -0.2) is 0 Å². The highest BCUT2D eigenvalue weighted by molar-refractivity contribution is 8.09. The van der Waals surface area contributed by atoms with Gasteiger partial charge in [-0.2, -0.15) is 8.42 Å². The van der Waals surface area contributed by atoms with Gasteiger partial charge in [0.1, 0.15) is 0 Å². The molecule has 0 atom stereocenters. The molecule has 3 heterocycles. The topological polar surface area (TPSA) is 144 Å². The number of pyridine rings is 3. The predicted octanol–water partition coefficient (Wildman–Crippen LogP) is 3.62. The Morgan fingerprint density at radius 2 is 0.903 bits per heavy atom. The molecule has 0 amide bonds. The molecule has 3 aromatic heterocycles. The summed E-state index contributed by atoms with van der Waals surface area (Å²) < 4.78 is 50.5. The average Bonchev–Trinajstić information content (AvgIpc) is 2.63. The molecule has 0 aliphatic heterocycles. The van der Waals surface area contributed by atoms with Crippen molar-refractivity contribution in [2.45, 2.75) is 20.8 Å². The summed E-state index contributed by atoms with van der Waals surface area (Å²) in [4.78, 5) is 11.9. The highest BCUT2D eigenvalue weighted by Crippen LogP contribution is 1.87. The second-order valence-corrected chi connectivity index (χ2v) is 7.43. The van der Waals surface area contributed by atoms with Gasteiger partial charge in [0.25, 0.3) is 0 Å². The Hall–Kier alpha value is -2.44. The van der Waals surface area contributed by atoms with Crippen molar-refractivity contribution in [1.29, 1.82) is 0 Å². The molecule has 13 heteroatoms. The van der Waals surface area contributed by atoms with Crippen LogP contribution in [0.25, 0.3) is 0 Å². The lowest BCUT2D eigenvalue weighted by atomic mass is 10.4. The van der Waals surface area contributed by atoms with Crippen LogP contribution in [0.2, 0.25) is 0 Å². The zero-order valence-electron chi connectivity index (χ0n) is 16.9. The van der Waals surface area contributed by atoms with Crippen LogP contribution in [-0.4, -0.2) is 40.5 Å². The van der Waals surface area contributed by atoms with Gasteiger partial charge in [0.15, 0.2) is 0 Å². The Kier molecular flexibility index (Phi) is 22.3. The fourth-order valence-electron chi connectivity index (χ4n) is 1.34. The lowest BCUT2D eigenvalue weighted by Gasteiger charge is -1.82. The van der Waals surface area contributed by atoms with Crippen LogP contribution < -0.4 is 0 Å². The lowest BCUT2D eigenvalue weighted by molar-refractivity contribution is 0.501. The largest absolute Gasteiger partial charge is 0.425 e. The molecule has 0 aliphatic rings. The number of halogens is 2. The highest BCUT2D eigenvalue weighted by Gasteiger charge is 1.86. The van der Waals surface area contributed by atoms with Gasteiger partial charge in [-0.05, 0) is 57.2 Å². The van der Waals surface area contributed by atoms with E-state index in [1.807, 2.05) is 75.4 Å². The average molecular weight is 512 g/mol. The van der Waals surface area contributed by atoms with Gasteiger partial charge in [0, 0.05) is 46.4 Å². The van der Waals surface area contributed by atoms with E-state index in [1.54, 1.807) is 18.6 Å². The van der Waals surface area contributed by atoms with Gasteiger partial charge in [-0.15, -0.1) is 25.0 Å². The first-order valence-corrected chi connectivity index (χ1v) is 11.2. The first-order valence-electron chi connectivity index (χ1n) is 7.98. The van der Waals surface area contributed by atoms with Crippen LogP contribution >= 0.6 is 23.1 Å². The number of aromatic nitrogens is 3. The standard InChI is InChI=1S/3C6H7N.ClHO3S.ClH.O3S/c3*1-6-4-2-3-5-7-6;1-5(2,3)4;;1-4(2)3/h3*2-5H,1H3;(H,2,3,4);1H;. The van der Waals surface area contributed by atoms with E-state index >= 15 is 0 Å². The third-order valence-electron chi connectivity index (χ3n) is 2.44. The van der Waals surface area contributed by atoms with Crippen LogP contribution in [-0.2, 0) is 19.9 Å². The summed E-state index contributed by atoms with van der Waals surface area (Å²) >= 11 is 0. The van der Waals surface area contributed by atoms with E-state index in [1.165, 1.54) is 0 Å². The van der Waals surface area contributed by atoms with Crippen molar-refractivity contribution in [3.8, 4) is 0 Å². The first-order chi connectivity index (χ1) is 13.9. The van der Waals surface area contributed by atoms with Gasteiger partial charge < -0.3 is 0 Å². The van der Waals surface area contributed by atoms with E-state index in [4.69, 9.17) is 25.6 Å². The molecular weight excluding hydrogens is 489 g/mol. The number of hydrogen-bond donors (Lipinski definition) is 1. The summed E-state index contributed by atoms with van der Waals surface area (Å²) in [6, 6.07) is 17.6. The zero-order valence-corrected chi connectivity index (χ0v) is 20.1. The fraction of sp³-hybridized carbons (Fsp3) is 0.167.